The second kappa shape index (κ2) is 21.4. The van der Waals surface area contributed by atoms with Gasteiger partial charge in [-0.1, -0.05) is 251 Å². The molecule has 0 bridgehead atoms. The van der Waals surface area contributed by atoms with Crippen LogP contribution < -0.4 is 0 Å². The molecule has 10 rings (SSSR count). The molecule has 2 saturated carbocycles. The summed E-state index contributed by atoms with van der Waals surface area (Å²) in [6.07, 6.45) is 8.01. The predicted octanol–water partition coefficient (Wildman–Crippen LogP) is 19.7. The van der Waals surface area contributed by atoms with Gasteiger partial charge in [-0.05, 0) is 105 Å². The summed E-state index contributed by atoms with van der Waals surface area (Å²) in [5, 5.41) is 5.58. The van der Waals surface area contributed by atoms with Crippen molar-refractivity contribution in [3.05, 3.63) is 179 Å². The van der Waals surface area contributed by atoms with Gasteiger partial charge in [0, 0.05) is 9.52 Å². The first-order chi connectivity index (χ1) is 32.6. The number of rotatable bonds is 8. The molecule has 2 heteroatoms. The van der Waals surface area contributed by atoms with E-state index >= 15 is 0 Å². The van der Waals surface area contributed by atoms with Crippen LogP contribution in [0.5, 0.6) is 0 Å². The molecule has 360 valence electrons. The van der Waals surface area contributed by atoms with Crippen molar-refractivity contribution in [2.75, 3.05) is 0 Å². The van der Waals surface area contributed by atoms with Crippen molar-refractivity contribution in [2.24, 2.45) is 11.8 Å². The summed E-state index contributed by atoms with van der Waals surface area (Å²) in [5.41, 5.74) is 19.9. The molecule has 8 aromatic carbocycles. The third-order valence-electron chi connectivity index (χ3n) is 14.6. The summed E-state index contributed by atoms with van der Waals surface area (Å²) in [5.74, 6) is 1.79. The van der Waals surface area contributed by atoms with Crippen LogP contribution in [0, 0.1) is 11.8 Å². The smallest absolute Gasteiger partial charge is 0.164 e. The molecule has 0 spiro atoms. The maximum atomic E-state index is 2.47. The monoisotopic (exact) mass is 1010 g/mol. The Morgan fingerprint density at radius 3 is 0.829 bits per heavy atom. The van der Waals surface area contributed by atoms with Gasteiger partial charge in [-0.2, -0.15) is 12.1 Å². The molecule has 70 heavy (non-hydrogen) atoms. The zero-order chi connectivity index (χ0) is 49.5. The molecule has 2 fully saturated rings. The zero-order valence-electron chi connectivity index (χ0n) is 45.3. The van der Waals surface area contributed by atoms with Gasteiger partial charge < -0.3 is 0 Å². The van der Waals surface area contributed by atoms with Gasteiger partial charge in [-0.15, -0.1) is 44.8 Å². The van der Waals surface area contributed by atoms with Gasteiger partial charge in [0.25, 0.3) is 0 Å². The Balaban J connectivity index is 0.000000193. The Labute approximate surface area is 445 Å². The third kappa shape index (κ3) is 12.8. The second-order valence-electron chi connectivity index (χ2n) is 24.8. The van der Waals surface area contributed by atoms with E-state index in [1.54, 1.807) is 0 Å². The molecule has 0 aliphatic heterocycles. The van der Waals surface area contributed by atoms with E-state index in [-0.39, 0.29) is 47.9 Å². The van der Waals surface area contributed by atoms with E-state index in [2.05, 4.69) is 242 Å². The van der Waals surface area contributed by atoms with Crippen LogP contribution in [0.15, 0.2) is 146 Å². The minimum atomic E-state index is 0. The number of hydrogen-bond donors (Lipinski definition) is 0. The van der Waals surface area contributed by atoms with Gasteiger partial charge in [0.15, 0.2) is 0 Å². The zero-order valence-corrected chi connectivity index (χ0v) is 48.7. The van der Waals surface area contributed by atoms with Crippen molar-refractivity contribution in [1.82, 2.24) is 0 Å². The molecular weight excluding hydrogens is 936 g/mol. The van der Waals surface area contributed by atoms with Crippen LogP contribution in [-0.4, -0.2) is 9.52 Å². The Kier molecular flexibility index (Phi) is 16.3. The van der Waals surface area contributed by atoms with Crippen LogP contribution in [0.25, 0.3) is 66.1 Å². The summed E-state index contributed by atoms with van der Waals surface area (Å²) in [7, 11) is 1.08. The van der Waals surface area contributed by atoms with E-state index in [1.807, 2.05) is 0 Å². The Hall–Kier alpha value is -4.36. The standard InChI is InChI=1S/2C33H37.C2H6Si.Zr/c2*1-32(2,3)26-13-9-24(10-14-26)28-17-18-29(25-11-15-27(16-12-25)33(4,5)6)31-21-23(20-30(28)31)19-22-7-8-22;1-3-2;/h2*9-18,20-22H,7-8,19H2,1-6H3;1-2H3;/q2*-1;;+2. The third-order valence-corrected chi connectivity index (χ3v) is 14.6. The van der Waals surface area contributed by atoms with Crippen LogP contribution in [-0.2, 0) is 60.7 Å². The summed E-state index contributed by atoms with van der Waals surface area (Å²) >= 11 is 0. The maximum Gasteiger partial charge on any atom is 2.00 e. The summed E-state index contributed by atoms with van der Waals surface area (Å²) < 4.78 is 0. The molecule has 0 aromatic heterocycles. The minimum Gasteiger partial charge on any atom is -0.164 e. The van der Waals surface area contributed by atoms with Crippen LogP contribution in [0.1, 0.15) is 142 Å². The van der Waals surface area contributed by atoms with Gasteiger partial charge in [-0.25, -0.2) is 0 Å². The molecule has 0 saturated heterocycles. The summed E-state index contributed by atoms with van der Waals surface area (Å²) in [4.78, 5) is 0. The molecule has 0 nitrogen and oxygen atoms in total. The molecule has 0 heterocycles. The molecule has 2 radical (unpaired) electrons. The first kappa shape index (κ1) is 53.4. The van der Waals surface area contributed by atoms with Gasteiger partial charge in [-0.3, -0.25) is 0 Å². The fourth-order valence-electron chi connectivity index (χ4n) is 9.87. The largest absolute Gasteiger partial charge is 2.00 e. The van der Waals surface area contributed by atoms with Gasteiger partial charge in [0.1, 0.15) is 0 Å². The van der Waals surface area contributed by atoms with Crippen molar-refractivity contribution >= 4 is 31.1 Å². The van der Waals surface area contributed by atoms with Gasteiger partial charge in [0.05, 0.1) is 0 Å². The molecule has 8 aromatic rings. The van der Waals surface area contributed by atoms with E-state index < -0.39 is 0 Å². The van der Waals surface area contributed by atoms with E-state index in [0.29, 0.717) is 0 Å². The Morgan fingerprint density at radius 2 is 0.600 bits per heavy atom. The molecule has 2 aliphatic rings. The molecular formula is C68H80SiZr. The summed E-state index contributed by atoms with van der Waals surface area (Å²) in [6, 6.07) is 56.1. The number of fused-ring (bicyclic) bond motifs is 2. The van der Waals surface area contributed by atoms with Crippen LogP contribution in [0.4, 0.5) is 0 Å². The van der Waals surface area contributed by atoms with Crippen molar-refractivity contribution in [2.45, 2.75) is 156 Å². The molecule has 0 atom stereocenters. The second-order valence-corrected chi connectivity index (χ2v) is 25.8. The van der Waals surface area contributed by atoms with Gasteiger partial charge in [0.2, 0.25) is 0 Å². The molecule has 0 unspecified atom stereocenters. The fraction of sp³-hybridized carbons (Fsp3) is 0.382. The van der Waals surface area contributed by atoms with E-state index in [9.17, 15) is 0 Å². The van der Waals surface area contributed by atoms with Crippen molar-refractivity contribution in [1.29, 1.82) is 0 Å². The first-order valence-corrected chi connectivity index (χ1v) is 28.1. The average Bonchev–Trinajstić information content (AvgIpc) is 4.21. The van der Waals surface area contributed by atoms with E-state index in [1.165, 1.54) is 138 Å². The molecule has 0 amide bonds. The Bertz CT molecular complexity index is 2570. The van der Waals surface area contributed by atoms with Crippen molar-refractivity contribution in [3.8, 4) is 44.5 Å². The average molecular weight is 1020 g/mol. The Morgan fingerprint density at radius 1 is 0.371 bits per heavy atom. The van der Waals surface area contributed by atoms with Gasteiger partial charge >= 0.3 is 26.2 Å². The summed E-state index contributed by atoms with van der Waals surface area (Å²) in [6.45, 7) is 31.7. The van der Waals surface area contributed by atoms with Crippen LogP contribution in [0.3, 0.4) is 0 Å². The SMILES string of the molecule is CC(C)(C)c1ccc(-c2ccc(-c3ccc(C(C)(C)C)cc3)c3[cH-]c(CC4CC4)cc23)cc1.CC(C)(C)c1ccc(-c2ccc(-c3ccc(C(C)(C)C)cc3)c3[cH-]c(CC4CC4)cc23)cc1.C[Si]C.[Zr+2]. The number of benzene rings is 6. The predicted molar refractivity (Wildman–Crippen MR) is 306 cm³/mol. The molecule has 0 N–H and O–H groups in total. The molecule has 2 aliphatic carbocycles. The fourth-order valence-corrected chi connectivity index (χ4v) is 9.87. The quantitative estimate of drug-likeness (QED) is 0.105. The topological polar surface area (TPSA) is 0 Å². The van der Waals surface area contributed by atoms with E-state index in [0.717, 1.165) is 21.4 Å². The minimum absolute atomic E-state index is 0. The van der Waals surface area contributed by atoms with E-state index in [4.69, 9.17) is 0 Å². The normalized spacial score (nSPS) is 14.1. The van der Waals surface area contributed by atoms with Crippen molar-refractivity contribution < 1.29 is 26.2 Å². The van der Waals surface area contributed by atoms with Crippen LogP contribution >= 0.6 is 0 Å². The van der Waals surface area contributed by atoms with Crippen molar-refractivity contribution in [3.63, 3.8) is 0 Å². The maximum absolute atomic E-state index is 2.47. The number of hydrogen-bond acceptors (Lipinski definition) is 0. The van der Waals surface area contributed by atoms with Crippen LogP contribution in [0.2, 0.25) is 13.1 Å². The first-order valence-electron chi connectivity index (χ1n) is 26.1.